The third kappa shape index (κ3) is 8.18. The van der Waals surface area contributed by atoms with Crippen LogP contribution in [0.3, 0.4) is 0 Å². The summed E-state index contributed by atoms with van der Waals surface area (Å²) in [7, 11) is 1.64. The summed E-state index contributed by atoms with van der Waals surface area (Å²) in [6, 6.07) is 0. The van der Waals surface area contributed by atoms with Crippen LogP contribution < -0.4 is 0 Å². The zero-order valence-corrected chi connectivity index (χ0v) is 8.24. The summed E-state index contributed by atoms with van der Waals surface area (Å²) in [6.45, 7) is 1.99. The normalized spacial score (nSPS) is 11.1. The Kier molecular flexibility index (Phi) is 9.80. The largest absolute Gasteiger partial charge is 0.396 e. The minimum absolute atomic E-state index is 0.00558. The maximum atomic E-state index is 8.75. The van der Waals surface area contributed by atoms with Gasteiger partial charge >= 0.3 is 0 Å². The number of aliphatic hydroxyl groups excluding tert-OH is 2. The van der Waals surface area contributed by atoms with Gasteiger partial charge in [0, 0.05) is 32.8 Å². The molecule has 0 aromatic heterocycles. The van der Waals surface area contributed by atoms with Gasteiger partial charge in [-0.15, -0.1) is 0 Å². The second-order valence-corrected chi connectivity index (χ2v) is 2.98. The molecule has 0 aliphatic rings. The maximum absolute atomic E-state index is 8.75. The summed E-state index contributed by atoms with van der Waals surface area (Å²) in [5.74, 6) is 0.00558. The Labute approximate surface area is 79.5 Å². The zero-order chi connectivity index (χ0) is 9.94. The fourth-order valence-corrected chi connectivity index (χ4v) is 0.959. The fourth-order valence-electron chi connectivity index (χ4n) is 0.959. The fraction of sp³-hybridized carbons (Fsp3) is 1.00. The Balaban J connectivity index is 3.05. The molecule has 4 heteroatoms. The van der Waals surface area contributed by atoms with E-state index >= 15 is 0 Å². The van der Waals surface area contributed by atoms with E-state index in [2.05, 4.69) is 0 Å². The molecule has 0 aliphatic carbocycles. The first-order valence-corrected chi connectivity index (χ1v) is 4.63. The van der Waals surface area contributed by atoms with E-state index in [-0.39, 0.29) is 19.1 Å². The van der Waals surface area contributed by atoms with E-state index in [1.165, 1.54) is 0 Å². The number of aliphatic hydroxyl groups is 2. The van der Waals surface area contributed by atoms with Crippen molar-refractivity contribution in [1.29, 1.82) is 0 Å². The number of methoxy groups -OCH3 is 1. The first kappa shape index (κ1) is 12.8. The molecule has 0 heterocycles. The van der Waals surface area contributed by atoms with Crippen LogP contribution in [0.4, 0.5) is 0 Å². The lowest BCUT2D eigenvalue weighted by atomic mass is 10.1. The SMILES string of the molecule is COCCOCCCC(CO)CO. The predicted molar refractivity (Wildman–Crippen MR) is 49.6 cm³/mol. The molecule has 0 radical (unpaired) electrons. The highest BCUT2D eigenvalue weighted by Gasteiger charge is 2.04. The zero-order valence-electron chi connectivity index (χ0n) is 8.24. The Morgan fingerprint density at radius 3 is 2.31 bits per heavy atom. The molecule has 0 saturated carbocycles. The maximum Gasteiger partial charge on any atom is 0.0700 e. The third-order valence-electron chi connectivity index (χ3n) is 1.85. The van der Waals surface area contributed by atoms with Crippen molar-refractivity contribution in [3.63, 3.8) is 0 Å². The van der Waals surface area contributed by atoms with E-state index in [9.17, 15) is 0 Å². The molecule has 0 aliphatic heterocycles. The number of rotatable bonds is 9. The Morgan fingerprint density at radius 2 is 1.77 bits per heavy atom. The van der Waals surface area contributed by atoms with Gasteiger partial charge in [-0.05, 0) is 12.8 Å². The average molecular weight is 192 g/mol. The van der Waals surface area contributed by atoms with Crippen molar-refractivity contribution in [2.45, 2.75) is 12.8 Å². The average Bonchev–Trinajstić information content (AvgIpc) is 2.17. The van der Waals surface area contributed by atoms with Crippen LogP contribution in [0.5, 0.6) is 0 Å². The number of ether oxygens (including phenoxy) is 2. The van der Waals surface area contributed by atoms with Gasteiger partial charge in [0.1, 0.15) is 0 Å². The molecule has 0 atom stereocenters. The molecule has 2 N–H and O–H groups in total. The lowest BCUT2D eigenvalue weighted by Gasteiger charge is -2.10. The molecule has 0 amide bonds. The minimum Gasteiger partial charge on any atom is -0.396 e. The van der Waals surface area contributed by atoms with Crippen molar-refractivity contribution in [1.82, 2.24) is 0 Å². The lowest BCUT2D eigenvalue weighted by Crippen LogP contribution is -2.12. The molecule has 0 aromatic carbocycles. The molecule has 4 nitrogen and oxygen atoms in total. The van der Waals surface area contributed by atoms with Crippen LogP contribution in [0.25, 0.3) is 0 Å². The molecule has 80 valence electrons. The van der Waals surface area contributed by atoms with E-state index in [1.54, 1.807) is 7.11 Å². The highest BCUT2D eigenvalue weighted by atomic mass is 16.5. The molecule has 0 rings (SSSR count). The van der Waals surface area contributed by atoms with E-state index in [0.717, 1.165) is 12.8 Å². The van der Waals surface area contributed by atoms with Gasteiger partial charge in [0.25, 0.3) is 0 Å². The van der Waals surface area contributed by atoms with Crippen molar-refractivity contribution in [2.75, 3.05) is 40.1 Å². The lowest BCUT2D eigenvalue weighted by molar-refractivity contribution is 0.0627. The summed E-state index contributed by atoms with van der Waals surface area (Å²) in [4.78, 5) is 0. The van der Waals surface area contributed by atoms with Crippen molar-refractivity contribution in [3.8, 4) is 0 Å². The standard InChI is InChI=1S/C9H20O4/c1-12-5-6-13-4-2-3-9(7-10)8-11/h9-11H,2-8H2,1H3. The second-order valence-electron chi connectivity index (χ2n) is 2.98. The Bertz CT molecular complexity index is 93.6. The molecule has 13 heavy (non-hydrogen) atoms. The van der Waals surface area contributed by atoms with Crippen LogP contribution >= 0.6 is 0 Å². The number of hydrogen-bond donors (Lipinski definition) is 2. The van der Waals surface area contributed by atoms with Gasteiger partial charge in [-0.3, -0.25) is 0 Å². The van der Waals surface area contributed by atoms with Crippen molar-refractivity contribution < 1.29 is 19.7 Å². The minimum atomic E-state index is 0.00558. The molecular formula is C9H20O4. The topological polar surface area (TPSA) is 58.9 Å². The van der Waals surface area contributed by atoms with E-state index in [1.807, 2.05) is 0 Å². The van der Waals surface area contributed by atoms with Crippen molar-refractivity contribution in [3.05, 3.63) is 0 Å². The quantitative estimate of drug-likeness (QED) is 0.506. The summed E-state index contributed by atoms with van der Waals surface area (Å²) in [5.41, 5.74) is 0. The van der Waals surface area contributed by atoms with Crippen LogP contribution in [-0.4, -0.2) is 50.4 Å². The molecule has 0 saturated heterocycles. The smallest absolute Gasteiger partial charge is 0.0700 e. The van der Waals surface area contributed by atoms with Gasteiger partial charge < -0.3 is 19.7 Å². The molecule has 0 unspecified atom stereocenters. The molecule has 0 bridgehead atoms. The van der Waals surface area contributed by atoms with Gasteiger partial charge in [-0.2, -0.15) is 0 Å². The summed E-state index contributed by atoms with van der Waals surface area (Å²) in [6.07, 6.45) is 1.68. The predicted octanol–water partition coefficient (Wildman–Crippen LogP) is 0.0304. The van der Waals surface area contributed by atoms with Crippen LogP contribution in [0.2, 0.25) is 0 Å². The van der Waals surface area contributed by atoms with Crippen LogP contribution in [-0.2, 0) is 9.47 Å². The van der Waals surface area contributed by atoms with Crippen LogP contribution in [0.15, 0.2) is 0 Å². The second kappa shape index (κ2) is 9.92. The summed E-state index contributed by atoms with van der Waals surface area (Å²) < 4.78 is 10.0. The van der Waals surface area contributed by atoms with E-state index < -0.39 is 0 Å². The van der Waals surface area contributed by atoms with Gasteiger partial charge in [-0.25, -0.2) is 0 Å². The van der Waals surface area contributed by atoms with Crippen LogP contribution in [0, 0.1) is 5.92 Å². The van der Waals surface area contributed by atoms with Crippen molar-refractivity contribution >= 4 is 0 Å². The molecule has 0 fully saturated rings. The van der Waals surface area contributed by atoms with Gasteiger partial charge in [0.05, 0.1) is 13.2 Å². The summed E-state index contributed by atoms with van der Waals surface area (Å²) >= 11 is 0. The highest BCUT2D eigenvalue weighted by Crippen LogP contribution is 2.04. The van der Waals surface area contributed by atoms with Gasteiger partial charge in [0.2, 0.25) is 0 Å². The van der Waals surface area contributed by atoms with E-state index in [4.69, 9.17) is 19.7 Å². The van der Waals surface area contributed by atoms with Crippen molar-refractivity contribution in [2.24, 2.45) is 5.92 Å². The highest BCUT2D eigenvalue weighted by molar-refractivity contribution is 4.54. The Morgan fingerprint density at radius 1 is 1.08 bits per heavy atom. The molecule has 0 spiro atoms. The monoisotopic (exact) mass is 192 g/mol. The van der Waals surface area contributed by atoms with Gasteiger partial charge in [0.15, 0.2) is 0 Å². The Hall–Kier alpha value is -0.160. The molecular weight excluding hydrogens is 172 g/mol. The summed E-state index contributed by atoms with van der Waals surface area (Å²) in [5, 5.41) is 17.5. The number of hydrogen-bond acceptors (Lipinski definition) is 4. The first-order chi connectivity index (χ1) is 6.35. The van der Waals surface area contributed by atoms with Gasteiger partial charge in [-0.1, -0.05) is 0 Å². The van der Waals surface area contributed by atoms with Crippen LogP contribution in [0.1, 0.15) is 12.8 Å². The molecule has 0 aromatic rings. The first-order valence-electron chi connectivity index (χ1n) is 4.63. The van der Waals surface area contributed by atoms with E-state index in [0.29, 0.717) is 19.8 Å². The third-order valence-corrected chi connectivity index (χ3v) is 1.85.